The monoisotopic (exact) mass is 1100 g/mol. The summed E-state index contributed by atoms with van der Waals surface area (Å²) in [5.41, 5.74) is 7.58. The van der Waals surface area contributed by atoms with Crippen LogP contribution in [0.2, 0.25) is 0 Å². The number of aromatic nitrogens is 4. The number of esters is 2. The van der Waals surface area contributed by atoms with E-state index >= 15 is 0 Å². The molecule has 18 heteroatoms. The van der Waals surface area contributed by atoms with E-state index in [1.165, 1.54) is 92.5 Å². The number of hydrogen-bond acceptors (Lipinski definition) is 15. The maximum atomic E-state index is 12.9. The van der Waals surface area contributed by atoms with Gasteiger partial charge in [-0.05, 0) is 129 Å². The van der Waals surface area contributed by atoms with Gasteiger partial charge in [0.15, 0.2) is 0 Å². The van der Waals surface area contributed by atoms with Crippen LogP contribution in [0.4, 0.5) is 27.3 Å². The van der Waals surface area contributed by atoms with Gasteiger partial charge in [0.2, 0.25) is 22.1 Å². The van der Waals surface area contributed by atoms with Crippen LogP contribution in [0.25, 0.3) is 0 Å². The van der Waals surface area contributed by atoms with E-state index in [-0.39, 0.29) is 35.6 Å². The molecule has 2 N–H and O–H groups in total. The molecular weight excluding hydrogens is 1040 g/mol. The molecule has 2 amide bonds. The number of carbonyl (C=O) groups is 4. The molecule has 74 heavy (non-hydrogen) atoms. The van der Waals surface area contributed by atoms with Crippen molar-refractivity contribution in [1.29, 1.82) is 0 Å². The summed E-state index contributed by atoms with van der Waals surface area (Å²) in [6, 6.07) is 32.3. The minimum atomic E-state index is -0.215. The molecule has 5 heterocycles. The molecular formula is C56H66BrN9O6S2. The SMILES string of the molecule is COC(=O)Cc1cccc(Br)c1.COC(=O)Cc1cccc(N2CCCC2)c1.O=C(Cc1cccc(N2CCCC2)c1)Nc1nnc([C@H]2CCC[C@H](c3nnc(NC(=O)Cc4cccc(N5CCCC5)c4)s3)C2)s1. The smallest absolute Gasteiger partial charge is 0.309 e. The fourth-order valence-electron chi connectivity index (χ4n) is 9.88. The molecule has 4 aromatic carbocycles. The highest BCUT2D eigenvalue weighted by atomic mass is 79.9. The van der Waals surface area contributed by atoms with Gasteiger partial charge in [-0.1, -0.05) is 93.6 Å². The van der Waals surface area contributed by atoms with Crippen molar-refractivity contribution in [3.05, 3.63) is 134 Å². The average molecular weight is 1110 g/mol. The fourth-order valence-corrected chi connectivity index (χ4v) is 12.1. The number of methoxy groups -OCH3 is 2. The lowest BCUT2D eigenvalue weighted by molar-refractivity contribution is -0.140. The highest BCUT2D eigenvalue weighted by Gasteiger charge is 2.30. The van der Waals surface area contributed by atoms with E-state index in [1.807, 2.05) is 60.7 Å². The Morgan fingerprint density at radius 1 is 0.514 bits per heavy atom. The second-order valence-electron chi connectivity index (χ2n) is 19.1. The van der Waals surface area contributed by atoms with Crippen molar-refractivity contribution >= 4 is 89.7 Å². The lowest BCUT2D eigenvalue weighted by Crippen LogP contribution is -2.18. The first kappa shape index (κ1) is 54.0. The Kier molecular flexibility index (Phi) is 20.0. The zero-order valence-electron chi connectivity index (χ0n) is 42.3. The van der Waals surface area contributed by atoms with Crippen LogP contribution in [0, 0.1) is 0 Å². The van der Waals surface area contributed by atoms with Crippen molar-refractivity contribution in [2.45, 2.75) is 102 Å². The largest absolute Gasteiger partial charge is 0.469 e. The molecule has 3 saturated heterocycles. The predicted octanol–water partition coefficient (Wildman–Crippen LogP) is 10.6. The molecule has 10 rings (SSSR count). The van der Waals surface area contributed by atoms with Crippen LogP contribution >= 0.6 is 38.6 Å². The molecule has 2 aromatic heterocycles. The summed E-state index contributed by atoms with van der Waals surface area (Å²) in [6.45, 7) is 6.57. The van der Waals surface area contributed by atoms with Gasteiger partial charge < -0.3 is 34.8 Å². The molecule has 6 aromatic rings. The lowest BCUT2D eigenvalue weighted by atomic mass is 9.82. The summed E-state index contributed by atoms with van der Waals surface area (Å²) in [4.78, 5) is 54.9. The molecule has 390 valence electrons. The summed E-state index contributed by atoms with van der Waals surface area (Å²) in [6.07, 6.45) is 12.7. The maximum Gasteiger partial charge on any atom is 0.309 e. The van der Waals surface area contributed by atoms with Crippen LogP contribution in [0.3, 0.4) is 0 Å². The predicted molar refractivity (Wildman–Crippen MR) is 298 cm³/mol. The zero-order valence-corrected chi connectivity index (χ0v) is 45.5. The van der Waals surface area contributed by atoms with Gasteiger partial charge >= 0.3 is 11.9 Å². The molecule has 4 aliphatic rings. The number of hydrogen-bond donors (Lipinski definition) is 2. The quantitative estimate of drug-likeness (QED) is 0.0932. The molecule has 2 atom stereocenters. The van der Waals surface area contributed by atoms with Gasteiger partial charge in [0.25, 0.3) is 0 Å². The molecule has 1 aliphatic carbocycles. The molecule has 15 nitrogen and oxygen atoms in total. The molecule has 3 aliphatic heterocycles. The zero-order chi connectivity index (χ0) is 51.7. The first-order chi connectivity index (χ1) is 36.1. The Labute approximate surface area is 450 Å². The van der Waals surface area contributed by atoms with Gasteiger partial charge in [0.05, 0.1) is 39.9 Å². The Hall–Kier alpha value is -6.24. The number of benzene rings is 4. The van der Waals surface area contributed by atoms with E-state index in [0.29, 0.717) is 35.9 Å². The minimum absolute atomic E-state index is 0.0782. The van der Waals surface area contributed by atoms with E-state index in [1.54, 1.807) is 0 Å². The first-order valence-electron chi connectivity index (χ1n) is 25.7. The summed E-state index contributed by atoms with van der Waals surface area (Å²) in [7, 11) is 2.81. The van der Waals surface area contributed by atoms with Crippen LogP contribution in [-0.2, 0) is 54.3 Å². The van der Waals surface area contributed by atoms with Crippen LogP contribution in [0.5, 0.6) is 0 Å². The van der Waals surface area contributed by atoms with Gasteiger partial charge in [-0.2, -0.15) is 0 Å². The van der Waals surface area contributed by atoms with Crippen molar-refractivity contribution in [2.75, 3.05) is 78.8 Å². The Balaban J connectivity index is 0.000000211. The lowest BCUT2D eigenvalue weighted by Gasteiger charge is -2.25. The Bertz CT molecular complexity index is 2690. The van der Waals surface area contributed by atoms with Gasteiger partial charge in [0.1, 0.15) is 10.0 Å². The summed E-state index contributed by atoms with van der Waals surface area (Å²) in [5.74, 6) is -0.0459. The number of anilines is 5. The number of ether oxygens (including phenoxy) is 2. The van der Waals surface area contributed by atoms with Crippen molar-refractivity contribution in [3.63, 3.8) is 0 Å². The second kappa shape index (κ2) is 27.3. The van der Waals surface area contributed by atoms with Crippen LogP contribution < -0.4 is 25.3 Å². The van der Waals surface area contributed by atoms with Gasteiger partial charge in [-0.25, -0.2) is 0 Å². The topological polar surface area (TPSA) is 172 Å². The van der Waals surface area contributed by atoms with E-state index < -0.39 is 0 Å². The van der Waals surface area contributed by atoms with E-state index in [4.69, 9.17) is 0 Å². The van der Waals surface area contributed by atoms with Crippen molar-refractivity contribution in [2.24, 2.45) is 0 Å². The van der Waals surface area contributed by atoms with E-state index in [0.717, 1.165) is 102 Å². The van der Waals surface area contributed by atoms with Crippen LogP contribution in [0.15, 0.2) is 102 Å². The first-order valence-corrected chi connectivity index (χ1v) is 28.2. The third-order valence-corrected chi connectivity index (χ3v) is 16.2. The maximum absolute atomic E-state index is 12.9. The normalized spacial score (nSPS) is 17.1. The molecule has 0 radical (unpaired) electrons. The van der Waals surface area contributed by atoms with Gasteiger partial charge in [-0.15, -0.1) is 20.4 Å². The van der Waals surface area contributed by atoms with Crippen molar-refractivity contribution < 1.29 is 28.7 Å². The highest BCUT2D eigenvalue weighted by molar-refractivity contribution is 9.10. The Morgan fingerprint density at radius 3 is 1.26 bits per heavy atom. The molecule has 4 fully saturated rings. The minimum Gasteiger partial charge on any atom is -0.469 e. The van der Waals surface area contributed by atoms with Crippen molar-refractivity contribution in [3.8, 4) is 0 Å². The molecule has 0 bridgehead atoms. The average Bonchev–Trinajstić information content (AvgIpc) is 4.28. The number of nitrogens with zero attached hydrogens (tertiary/aromatic N) is 7. The van der Waals surface area contributed by atoms with Crippen molar-refractivity contribution in [1.82, 2.24) is 20.4 Å². The summed E-state index contributed by atoms with van der Waals surface area (Å²) in [5, 5.41) is 26.5. The number of carbonyl (C=O) groups excluding carboxylic acids is 4. The molecule has 0 spiro atoms. The van der Waals surface area contributed by atoms with Crippen LogP contribution in [0.1, 0.15) is 108 Å². The Morgan fingerprint density at radius 2 is 0.878 bits per heavy atom. The number of nitrogens with one attached hydrogen (secondary N) is 2. The van der Waals surface area contributed by atoms with Crippen LogP contribution in [-0.4, -0.2) is 97.6 Å². The van der Waals surface area contributed by atoms with E-state index in [2.05, 4.69) is 108 Å². The number of rotatable bonds is 15. The van der Waals surface area contributed by atoms with Gasteiger partial charge in [0, 0.05) is 72.6 Å². The fraction of sp³-hybridized carbons (Fsp3) is 0.429. The third kappa shape index (κ3) is 16.1. The standard InChI is InChI=1S/C34H40N8O2S2.C13H17NO2.C9H9BrO2/c43-29(20-23-8-5-12-27(18-23)41-14-1-2-15-41)35-33-39-37-31(45-33)25-10-7-11-26(22-25)32-38-40-34(46-32)36-30(44)21-24-9-6-13-28(19-24)42-16-3-4-17-42;1-16-13(15)10-11-5-4-6-12(9-11)14-7-2-3-8-14;1-12-9(11)6-7-3-2-4-8(10)5-7/h5-6,8-9,12-13,18-19,25-26H,1-4,7,10-11,14-17,20-22H2,(H,35,39,43)(H,36,40,44);4-6,9H,2-3,7-8,10H2,1H3;2-5H,6H2,1H3/t25-,26-;;/m0../s1. The molecule has 0 unspecified atom stereocenters. The van der Waals surface area contributed by atoms with Gasteiger partial charge in [-0.3, -0.25) is 19.2 Å². The summed E-state index contributed by atoms with van der Waals surface area (Å²) >= 11 is 6.26. The second-order valence-corrected chi connectivity index (χ2v) is 22.1. The van der Waals surface area contributed by atoms with E-state index in [9.17, 15) is 19.2 Å². The number of halogens is 1. The third-order valence-electron chi connectivity index (χ3n) is 13.7. The number of amides is 2. The molecule has 1 saturated carbocycles. The summed E-state index contributed by atoms with van der Waals surface area (Å²) < 4.78 is 10.2. The highest BCUT2D eigenvalue weighted by Crippen LogP contribution is 2.43.